The van der Waals surface area contributed by atoms with Crippen LogP contribution in [-0.4, -0.2) is 88.9 Å². The van der Waals surface area contributed by atoms with Crippen molar-refractivity contribution in [2.45, 2.75) is 56.7 Å². The first-order chi connectivity index (χ1) is 22.2. The van der Waals surface area contributed by atoms with Gasteiger partial charge in [-0.05, 0) is 48.8 Å². The molecule has 0 radical (unpaired) electrons. The maximum Gasteiger partial charge on any atom is 0.424 e. The van der Waals surface area contributed by atoms with Gasteiger partial charge in [-0.3, -0.25) is 14.4 Å². The molecule has 244 valence electrons. The van der Waals surface area contributed by atoms with Gasteiger partial charge in [0.15, 0.2) is 0 Å². The van der Waals surface area contributed by atoms with E-state index in [0.29, 0.717) is 30.4 Å². The number of rotatable bonds is 11. The number of para-hydroxylation sites is 1. The number of aromatic nitrogens is 1. The Hall–Kier alpha value is -4.55. The van der Waals surface area contributed by atoms with Gasteiger partial charge in [-0.2, -0.15) is 0 Å². The van der Waals surface area contributed by atoms with Crippen molar-refractivity contribution in [1.29, 1.82) is 0 Å². The van der Waals surface area contributed by atoms with E-state index in [0.717, 1.165) is 36.6 Å². The maximum atomic E-state index is 13.7. The molecule has 1 saturated heterocycles. The number of carbonyl (C=O) groups excluding carboxylic acids is 4. The number of carbonyl (C=O) groups is 4. The van der Waals surface area contributed by atoms with Crippen LogP contribution in [0.4, 0.5) is 4.79 Å². The summed E-state index contributed by atoms with van der Waals surface area (Å²) in [6.07, 6.45) is 2.54. The lowest BCUT2D eigenvalue weighted by molar-refractivity contribution is -0.129. The quantitative estimate of drug-likeness (QED) is 0.251. The molecule has 4 amide bonds. The highest BCUT2D eigenvalue weighted by Gasteiger charge is 2.40. The molecule has 5 N–H and O–H groups in total. The third-order valence-corrected chi connectivity index (χ3v) is 8.99. The van der Waals surface area contributed by atoms with E-state index in [1.807, 2.05) is 47.5 Å². The zero-order valence-corrected chi connectivity index (χ0v) is 26.0. The molecule has 2 heterocycles. The van der Waals surface area contributed by atoms with Crippen molar-refractivity contribution in [1.82, 2.24) is 25.6 Å². The van der Waals surface area contributed by atoms with Crippen molar-refractivity contribution in [3.8, 4) is 0 Å². The highest BCUT2D eigenvalue weighted by molar-refractivity contribution is 5.99. The largest absolute Gasteiger partial charge is 0.452 e. The van der Waals surface area contributed by atoms with Crippen LogP contribution in [0.3, 0.4) is 0 Å². The minimum atomic E-state index is -1.31. The Labute approximate surface area is 268 Å². The van der Waals surface area contributed by atoms with Gasteiger partial charge in [0, 0.05) is 25.0 Å². The first-order valence-corrected chi connectivity index (χ1v) is 15.8. The number of amides is 4. The number of nitrogens with one attached hydrogen (secondary N) is 2. The highest BCUT2D eigenvalue weighted by Crippen LogP contribution is 2.35. The van der Waals surface area contributed by atoms with Crippen LogP contribution in [0.25, 0.3) is 10.9 Å². The molecule has 2 fully saturated rings. The SMILES string of the molecule is COC(=O)N1C[C@@H]2CCCC[C@@H]2CN1CC(O)[C@H](Cc1ccccc1)NC(=O)[C@@H](CC(N)=O)NC(=O)c1ccc2ccccc2n1. The third kappa shape index (κ3) is 8.18. The Morgan fingerprint density at radius 1 is 0.957 bits per heavy atom. The van der Waals surface area contributed by atoms with Gasteiger partial charge in [0.25, 0.3) is 5.91 Å². The van der Waals surface area contributed by atoms with Crippen LogP contribution in [-0.2, 0) is 20.7 Å². The minimum Gasteiger partial charge on any atom is -0.452 e. The number of aliphatic hydroxyl groups is 1. The number of pyridine rings is 1. The van der Waals surface area contributed by atoms with Gasteiger partial charge in [-0.15, -0.1) is 0 Å². The molecule has 0 bridgehead atoms. The lowest BCUT2D eigenvalue weighted by Gasteiger charge is -2.48. The molecule has 1 aliphatic heterocycles. The van der Waals surface area contributed by atoms with Crippen molar-refractivity contribution in [3.63, 3.8) is 0 Å². The van der Waals surface area contributed by atoms with E-state index in [1.54, 1.807) is 29.3 Å². The van der Waals surface area contributed by atoms with Crippen molar-refractivity contribution >= 4 is 34.7 Å². The number of ether oxygens (including phenoxy) is 1. The highest BCUT2D eigenvalue weighted by atomic mass is 16.5. The fourth-order valence-corrected chi connectivity index (χ4v) is 6.55. The number of fused-ring (bicyclic) bond motifs is 2. The molecule has 2 aromatic carbocycles. The number of primary amides is 1. The van der Waals surface area contributed by atoms with Crippen LogP contribution in [0, 0.1) is 11.8 Å². The fraction of sp³-hybridized carbons (Fsp3) is 0.441. The average Bonchev–Trinajstić information content (AvgIpc) is 3.06. The Morgan fingerprint density at radius 3 is 2.37 bits per heavy atom. The maximum absolute atomic E-state index is 13.7. The van der Waals surface area contributed by atoms with Crippen molar-refractivity contribution in [3.05, 3.63) is 78.0 Å². The summed E-state index contributed by atoms with van der Waals surface area (Å²) in [7, 11) is 1.34. The number of β-amino-alcohol motifs (C(OH)–C–C–N with tert-alkyl or cyclic N) is 1. The summed E-state index contributed by atoms with van der Waals surface area (Å²) in [6.45, 7) is 1.15. The topological polar surface area (TPSA) is 167 Å². The van der Waals surface area contributed by atoms with Crippen LogP contribution in [0.2, 0.25) is 0 Å². The summed E-state index contributed by atoms with van der Waals surface area (Å²) in [5.74, 6) is -1.34. The standard InChI is InChI=1S/C34H42N6O6/c1-46-34(45)40-20-25-13-6-5-12-24(25)19-39(40)21-30(41)28(17-22-9-3-2-4-10-22)37-33(44)29(18-31(35)42)38-32(43)27-16-15-23-11-7-8-14-26(23)36-27/h2-4,7-11,14-16,24-25,28-30,41H,5-6,12-13,17-21H2,1H3,(H2,35,42)(H,37,44)(H,38,43)/t24-,25+,28+,29-,30?/m1/s1. The number of nitrogens with zero attached hydrogens (tertiary/aromatic N) is 3. The summed E-state index contributed by atoms with van der Waals surface area (Å²) < 4.78 is 5.07. The number of hydrogen-bond donors (Lipinski definition) is 4. The molecule has 0 spiro atoms. The molecule has 12 nitrogen and oxygen atoms in total. The molecule has 5 atom stereocenters. The lowest BCUT2D eigenvalue weighted by atomic mass is 9.77. The molecule has 1 aliphatic carbocycles. The molecule has 3 aromatic rings. The van der Waals surface area contributed by atoms with Crippen molar-refractivity contribution in [2.24, 2.45) is 17.6 Å². The summed E-state index contributed by atoms with van der Waals surface area (Å²) in [5, 5.41) is 21.3. The van der Waals surface area contributed by atoms with Gasteiger partial charge in [0.2, 0.25) is 11.8 Å². The second-order valence-corrected chi connectivity index (χ2v) is 12.2. The van der Waals surface area contributed by atoms with E-state index in [-0.39, 0.29) is 18.7 Å². The smallest absolute Gasteiger partial charge is 0.424 e. The second kappa shape index (κ2) is 15.2. The Kier molecular flexibility index (Phi) is 10.8. The lowest BCUT2D eigenvalue weighted by Crippen LogP contribution is -2.61. The molecule has 1 unspecified atom stereocenters. The second-order valence-electron chi connectivity index (χ2n) is 12.2. The zero-order chi connectivity index (χ0) is 32.6. The molecule has 1 saturated carbocycles. The van der Waals surface area contributed by atoms with Gasteiger partial charge in [-0.1, -0.05) is 67.4 Å². The first kappa shape index (κ1) is 32.8. The van der Waals surface area contributed by atoms with Crippen LogP contribution >= 0.6 is 0 Å². The van der Waals surface area contributed by atoms with E-state index < -0.39 is 48.4 Å². The van der Waals surface area contributed by atoms with Crippen molar-refractivity contribution < 1.29 is 29.0 Å². The summed E-state index contributed by atoms with van der Waals surface area (Å²) in [4.78, 5) is 56.0. The van der Waals surface area contributed by atoms with Crippen LogP contribution < -0.4 is 16.4 Å². The number of hydrogen-bond acceptors (Lipinski definition) is 8. The van der Waals surface area contributed by atoms with E-state index in [2.05, 4.69) is 15.6 Å². The van der Waals surface area contributed by atoms with E-state index in [9.17, 15) is 24.3 Å². The van der Waals surface area contributed by atoms with E-state index in [1.165, 1.54) is 7.11 Å². The molecular weight excluding hydrogens is 588 g/mol. The summed E-state index contributed by atoms with van der Waals surface area (Å²) in [6, 6.07) is 17.8. The Morgan fingerprint density at radius 2 is 1.65 bits per heavy atom. The van der Waals surface area contributed by atoms with Gasteiger partial charge in [0.05, 0.1) is 31.2 Å². The van der Waals surface area contributed by atoms with Crippen LogP contribution in [0.1, 0.15) is 48.2 Å². The molecule has 46 heavy (non-hydrogen) atoms. The fourth-order valence-electron chi connectivity index (χ4n) is 6.55. The van der Waals surface area contributed by atoms with E-state index in [4.69, 9.17) is 10.5 Å². The van der Waals surface area contributed by atoms with Gasteiger partial charge in [-0.25, -0.2) is 19.8 Å². The van der Waals surface area contributed by atoms with Crippen LogP contribution in [0.5, 0.6) is 0 Å². The normalized spacial score (nSPS) is 20.2. The molecular formula is C34H42N6O6. The third-order valence-electron chi connectivity index (χ3n) is 8.99. The van der Waals surface area contributed by atoms with Gasteiger partial charge >= 0.3 is 6.09 Å². The molecule has 12 heteroatoms. The van der Waals surface area contributed by atoms with Gasteiger partial charge in [0.1, 0.15) is 11.7 Å². The summed E-state index contributed by atoms with van der Waals surface area (Å²) in [5.41, 5.74) is 7.02. The van der Waals surface area contributed by atoms with Crippen LogP contribution in [0.15, 0.2) is 66.7 Å². The van der Waals surface area contributed by atoms with Crippen molar-refractivity contribution in [2.75, 3.05) is 26.7 Å². The average molecular weight is 631 g/mol. The predicted octanol–water partition coefficient (Wildman–Crippen LogP) is 2.40. The number of nitrogens with two attached hydrogens (primary N) is 1. The van der Waals surface area contributed by atoms with Gasteiger partial charge < -0.3 is 26.2 Å². The first-order valence-electron chi connectivity index (χ1n) is 15.8. The summed E-state index contributed by atoms with van der Waals surface area (Å²) >= 11 is 0. The number of hydrazine groups is 1. The Balaban J connectivity index is 1.34. The molecule has 1 aromatic heterocycles. The number of methoxy groups -OCH3 is 1. The zero-order valence-electron chi connectivity index (χ0n) is 26.0. The monoisotopic (exact) mass is 630 g/mol. The van der Waals surface area contributed by atoms with E-state index >= 15 is 0 Å². The Bertz CT molecular complexity index is 1540. The molecule has 5 rings (SSSR count). The number of benzene rings is 2. The molecule has 2 aliphatic rings. The number of aliphatic hydroxyl groups excluding tert-OH is 1. The predicted molar refractivity (Wildman–Crippen MR) is 171 cm³/mol. The minimum absolute atomic E-state index is 0.0595.